The third kappa shape index (κ3) is 3.73. The van der Waals surface area contributed by atoms with Gasteiger partial charge >= 0.3 is 0 Å². The lowest BCUT2D eigenvalue weighted by Crippen LogP contribution is -2.40. The van der Waals surface area contributed by atoms with Crippen molar-refractivity contribution in [2.45, 2.75) is 26.8 Å². The topological polar surface area (TPSA) is 58.2 Å². The van der Waals surface area contributed by atoms with Gasteiger partial charge in [0.2, 0.25) is 11.8 Å². The van der Waals surface area contributed by atoms with Gasteiger partial charge in [-0.25, -0.2) is 0 Å². The molecule has 0 aliphatic rings. The summed E-state index contributed by atoms with van der Waals surface area (Å²) < 4.78 is 0. The predicted octanol–water partition coefficient (Wildman–Crippen LogP) is 1.46. The Bertz CT molecular complexity index is 385. The highest BCUT2D eigenvalue weighted by atomic mass is 16.2. The molecule has 0 aromatic heterocycles. The second-order valence-electron chi connectivity index (χ2n) is 3.78. The first-order valence-electron chi connectivity index (χ1n) is 5.13. The van der Waals surface area contributed by atoms with E-state index in [0.717, 1.165) is 11.3 Å². The molecule has 1 unspecified atom stereocenters. The van der Waals surface area contributed by atoms with Crippen LogP contribution in [-0.4, -0.2) is 17.9 Å². The molecule has 1 rings (SSSR count). The Morgan fingerprint density at radius 3 is 2.25 bits per heavy atom. The molecule has 4 nitrogen and oxygen atoms in total. The van der Waals surface area contributed by atoms with E-state index < -0.39 is 6.04 Å². The fourth-order valence-electron chi connectivity index (χ4n) is 1.26. The first-order chi connectivity index (χ1) is 7.49. The molecule has 0 aliphatic carbocycles. The second kappa shape index (κ2) is 5.30. The van der Waals surface area contributed by atoms with Crippen molar-refractivity contribution in [3.8, 4) is 0 Å². The van der Waals surface area contributed by atoms with Crippen LogP contribution in [0.5, 0.6) is 0 Å². The highest BCUT2D eigenvalue weighted by Gasteiger charge is 2.13. The van der Waals surface area contributed by atoms with Crippen LogP contribution in [0, 0.1) is 6.92 Å². The van der Waals surface area contributed by atoms with E-state index in [1.165, 1.54) is 6.92 Å². The standard InChI is InChI=1S/C12H16N2O2/c1-8-4-6-11(7-5-8)14-12(16)9(2)13-10(3)15/h4-7,9H,1-3H3,(H,13,15)(H,14,16). The van der Waals surface area contributed by atoms with Gasteiger partial charge in [-0.3, -0.25) is 9.59 Å². The van der Waals surface area contributed by atoms with E-state index in [1.807, 2.05) is 31.2 Å². The van der Waals surface area contributed by atoms with E-state index in [2.05, 4.69) is 10.6 Å². The maximum Gasteiger partial charge on any atom is 0.246 e. The first kappa shape index (κ1) is 12.2. The quantitative estimate of drug-likeness (QED) is 0.810. The van der Waals surface area contributed by atoms with E-state index in [9.17, 15) is 9.59 Å². The number of carbonyl (C=O) groups excluding carboxylic acids is 2. The van der Waals surface area contributed by atoms with Crippen molar-refractivity contribution < 1.29 is 9.59 Å². The molecule has 0 radical (unpaired) electrons. The van der Waals surface area contributed by atoms with Crippen molar-refractivity contribution in [3.63, 3.8) is 0 Å². The fraction of sp³-hybridized carbons (Fsp3) is 0.333. The van der Waals surface area contributed by atoms with Gasteiger partial charge in [-0.1, -0.05) is 17.7 Å². The SMILES string of the molecule is CC(=O)NC(C)C(=O)Nc1ccc(C)cc1. The number of rotatable bonds is 3. The Hall–Kier alpha value is -1.84. The number of nitrogens with one attached hydrogen (secondary N) is 2. The number of hydrogen-bond acceptors (Lipinski definition) is 2. The number of benzene rings is 1. The molecule has 0 fully saturated rings. The molecule has 2 N–H and O–H groups in total. The zero-order chi connectivity index (χ0) is 12.1. The molecule has 1 aromatic rings. The Morgan fingerprint density at radius 1 is 1.19 bits per heavy atom. The minimum absolute atomic E-state index is 0.216. The van der Waals surface area contributed by atoms with E-state index in [1.54, 1.807) is 6.92 Å². The molecular weight excluding hydrogens is 204 g/mol. The van der Waals surface area contributed by atoms with Crippen LogP contribution < -0.4 is 10.6 Å². The number of carbonyl (C=O) groups is 2. The third-order valence-corrected chi connectivity index (χ3v) is 2.13. The van der Waals surface area contributed by atoms with E-state index in [4.69, 9.17) is 0 Å². The molecule has 0 saturated carbocycles. The summed E-state index contributed by atoms with van der Waals surface area (Å²) in [6.07, 6.45) is 0. The van der Waals surface area contributed by atoms with Gasteiger partial charge in [0.1, 0.15) is 6.04 Å². The summed E-state index contributed by atoms with van der Waals surface area (Å²) in [4.78, 5) is 22.4. The van der Waals surface area contributed by atoms with Gasteiger partial charge in [0.15, 0.2) is 0 Å². The summed E-state index contributed by atoms with van der Waals surface area (Å²) in [5, 5.41) is 5.24. The van der Waals surface area contributed by atoms with Gasteiger partial charge in [0.05, 0.1) is 0 Å². The molecule has 4 heteroatoms. The monoisotopic (exact) mass is 220 g/mol. The van der Waals surface area contributed by atoms with Crippen molar-refractivity contribution in [1.82, 2.24) is 5.32 Å². The van der Waals surface area contributed by atoms with Crippen LogP contribution in [0.25, 0.3) is 0 Å². The maximum absolute atomic E-state index is 11.6. The van der Waals surface area contributed by atoms with Crippen LogP contribution in [0.2, 0.25) is 0 Å². The summed E-state index contributed by atoms with van der Waals surface area (Å²) in [7, 11) is 0. The van der Waals surface area contributed by atoms with Crippen molar-refractivity contribution in [1.29, 1.82) is 0 Å². The van der Waals surface area contributed by atoms with E-state index >= 15 is 0 Å². The first-order valence-corrected chi connectivity index (χ1v) is 5.13. The largest absolute Gasteiger partial charge is 0.345 e. The lowest BCUT2D eigenvalue weighted by molar-refractivity contribution is -0.124. The molecule has 1 atom stereocenters. The van der Waals surface area contributed by atoms with E-state index in [0.29, 0.717) is 0 Å². The summed E-state index contributed by atoms with van der Waals surface area (Å²) >= 11 is 0. The summed E-state index contributed by atoms with van der Waals surface area (Å²) in [6.45, 7) is 5.01. The maximum atomic E-state index is 11.6. The van der Waals surface area contributed by atoms with Crippen LogP contribution in [0.15, 0.2) is 24.3 Å². The molecule has 1 aromatic carbocycles. The van der Waals surface area contributed by atoms with Crippen LogP contribution in [0.1, 0.15) is 19.4 Å². The zero-order valence-corrected chi connectivity index (χ0v) is 9.70. The number of amides is 2. The fourth-order valence-corrected chi connectivity index (χ4v) is 1.26. The lowest BCUT2D eigenvalue weighted by atomic mass is 10.2. The minimum atomic E-state index is -0.529. The molecule has 0 aliphatic heterocycles. The Kier molecular flexibility index (Phi) is 4.05. The van der Waals surface area contributed by atoms with Gasteiger partial charge in [-0.15, -0.1) is 0 Å². The average molecular weight is 220 g/mol. The molecule has 86 valence electrons. The number of aryl methyl sites for hydroxylation is 1. The van der Waals surface area contributed by atoms with Crippen LogP contribution in [0.4, 0.5) is 5.69 Å². The van der Waals surface area contributed by atoms with Crippen LogP contribution >= 0.6 is 0 Å². The van der Waals surface area contributed by atoms with Gasteiger partial charge in [-0.2, -0.15) is 0 Å². The summed E-state index contributed by atoms with van der Waals surface area (Å²) in [5.74, 6) is -0.439. The Balaban J connectivity index is 2.57. The normalized spacial score (nSPS) is 11.7. The summed E-state index contributed by atoms with van der Waals surface area (Å²) in [5.41, 5.74) is 1.86. The highest BCUT2D eigenvalue weighted by Crippen LogP contribution is 2.08. The minimum Gasteiger partial charge on any atom is -0.345 e. The molecule has 0 saturated heterocycles. The smallest absolute Gasteiger partial charge is 0.246 e. The molecule has 0 bridgehead atoms. The van der Waals surface area contributed by atoms with Crippen molar-refractivity contribution >= 4 is 17.5 Å². The Morgan fingerprint density at radius 2 is 1.75 bits per heavy atom. The van der Waals surface area contributed by atoms with Gasteiger partial charge in [-0.05, 0) is 26.0 Å². The second-order valence-corrected chi connectivity index (χ2v) is 3.78. The summed E-state index contributed by atoms with van der Waals surface area (Å²) in [6, 6.07) is 6.96. The third-order valence-electron chi connectivity index (χ3n) is 2.13. The van der Waals surface area contributed by atoms with E-state index in [-0.39, 0.29) is 11.8 Å². The zero-order valence-electron chi connectivity index (χ0n) is 9.70. The predicted molar refractivity (Wildman–Crippen MR) is 63.1 cm³/mol. The molecule has 0 spiro atoms. The molecular formula is C12H16N2O2. The van der Waals surface area contributed by atoms with Gasteiger partial charge in [0.25, 0.3) is 0 Å². The lowest BCUT2D eigenvalue weighted by Gasteiger charge is -2.12. The van der Waals surface area contributed by atoms with Gasteiger partial charge in [0, 0.05) is 12.6 Å². The number of anilines is 1. The molecule has 16 heavy (non-hydrogen) atoms. The van der Waals surface area contributed by atoms with Gasteiger partial charge < -0.3 is 10.6 Å². The molecule has 2 amide bonds. The molecule has 0 heterocycles. The van der Waals surface area contributed by atoms with Crippen LogP contribution in [0.3, 0.4) is 0 Å². The van der Waals surface area contributed by atoms with Crippen molar-refractivity contribution in [3.05, 3.63) is 29.8 Å². The van der Waals surface area contributed by atoms with Crippen molar-refractivity contribution in [2.24, 2.45) is 0 Å². The average Bonchev–Trinajstić information content (AvgIpc) is 2.20. The Labute approximate surface area is 95.0 Å². The number of hydrogen-bond donors (Lipinski definition) is 2. The van der Waals surface area contributed by atoms with Crippen LogP contribution in [-0.2, 0) is 9.59 Å². The van der Waals surface area contributed by atoms with Crippen molar-refractivity contribution in [2.75, 3.05) is 5.32 Å². The highest BCUT2D eigenvalue weighted by molar-refractivity contribution is 5.96.